The number of aromatic nitrogens is 2. The molecule has 0 amide bonds. The summed E-state index contributed by atoms with van der Waals surface area (Å²) in [6, 6.07) is 2.00. The average Bonchev–Trinajstić information content (AvgIpc) is 2.39. The van der Waals surface area contributed by atoms with Crippen molar-refractivity contribution in [2.75, 3.05) is 30.4 Å². The molecule has 0 radical (unpaired) electrons. The highest BCUT2D eigenvalue weighted by atomic mass is 16.5. The number of ether oxygens (including phenoxy) is 1. The molecule has 0 bridgehead atoms. The Morgan fingerprint density at radius 3 is 2.50 bits per heavy atom. The van der Waals surface area contributed by atoms with Gasteiger partial charge in [-0.2, -0.15) is 0 Å². The van der Waals surface area contributed by atoms with E-state index in [0.29, 0.717) is 5.92 Å². The lowest BCUT2D eigenvalue weighted by Crippen LogP contribution is -2.41. The molecule has 2 heterocycles. The van der Waals surface area contributed by atoms with E-state index < -0.39 is 0 Å². The van der Waals surface area contributed by atoms with Gasteiger partial charge in [-0.15, -0.1) is 0 Å². The maximum atomic E-state index is 5.44. The normalized spacial score (nSPS) is 18.1. The lowest BCUT2D eigenvalue weighted by molar-refractivity contribution is 0.0657. The fourth-order valence-corrected chi connectivity index (χ4v) is 2.32. The molecule has 0 spiro atoms. The zero-order valence-corrected chi connectivity index (χ0v) is 13.0. The van der Waals surface area contributed by atoms with Crippen LogP contribution >= 0.6 is 0 Å². The van der Waals surface area contributed by atoms with Gasteiger partial charge in [0.2, 0.25) is 0 Å². The summed E-state index contributed by atoms with van der Waals surface area (Å²) in [6.45, 7) is 11.0. The van der Waals surface area contributed by atoms with Gasteiger partial charge in [0.1, 0.15) is 17.5 Å². The molecule has 1 aliphatic heterocycles. The van der Waals surface area contributed by atoms with Crippen LogP contribution in [0, 0.1) is 0 Å². The van der Waals surface area contributed by atoms with Crippen molar-refractivity contribution in [2.45, 2.75) is 52.0 Å². The molecule has 5 heteroatoms. The van der Waals surface area contributed by atoms with E-state index in [1.165, 1.54) is 0 Å². The molecule has 0 saturated carbocycles. The molecule has 2 rings (SSSR count). The Morgan fingerprint density at radius 1 is 1.25 bits per heavy atom. The van der Waals surface area contributed by atoms with Gasteiger partial charge < -0.3 is 15.4 Å². The highest BCUT2D eigenvalue weighted by molar-refractivity contribution is 5.49. The number of anilines is 2. The third-order valence-electron chi connectivity index (χ3n) is 3.64. The molecule has 1 aromatic rings. The summed E-state index contributed by atoms with van der Waals surface area (Å²) in [5.41, 5.74) is 0.0599. The summed E-state index contributed by atoms with van der Waals surface area (Å²) in [7, 11) is 0. The summed E-state index contributed by atoms with van der Waals surface area (Å²) in [4.78, 5) is 9.20. The van der Waals surface area contributed by atoms with Gasteiger partial charge in [0, 0.05) is 37.3 Å². The Kier molecular flexibility index (Phi) is 4.81. The quantitative estimate of drug-likeness (QED) is 0.867. The molecule has 1 saturated heterocycles. The zero-order valence-electron chi connectivity index (χ0n) is 13.0. The Hall–Kier alpha value is -1.36. The van der Waals surface area contributed by atoms with Crippen molar-refractivity contribution in [3.8, 4) is 0 Å². The topological polar surface area (TPSA) is 59.1 Å². The second kappa shape index (κ2) is 6.39. The molecule has 1 aliphatic rings. The molecule has 0 unspecified atom stereocenters. The van der Waals surface area contributed by atoms with E-state index in [4.69, 9.17) is 4.74 Å². The second-order valence-corrected chi connectivity index (χ2v) is 5.98. The molecular formula is C15H26N4O. The van der Waals surface area contributed by atoms with Crippen molar-refractivity contribution < 1.29 is 4.74 Å². The summed E-state index contributed by atoms with van der Waals surface area (Å²) in [5.74, 6) is 2.99. The minimum Gasteiger partial charge on any atom is -0.381 e. The second-order valence-electron chi connectivity index (χ2n) is 5.98. The van der Waals surface area contributed by atoms with Gasteiger partial charge in [-0.1, -0.05) is 13.8 Å². The van der Waals surface area contributed by atoms with Crippen molar-refractivity contribution in [1.29, 1.82) is 0 Å². The molecule has 112 valence electrons. The van der Waals surface area contributed by atoms with Crippen molar-refractivity contribution in [3.05, 3.63) is 11.9 Å². The van der Waals surface area contributed by atoms with Crippen molar-refractivity contribution in [3.63, 3.8) is 0 Å². The predicted molar refractivity (Wildman–Crippen MR) is 82.4 cm³/mol. The molecule has 2 N–H and O–H groups in total. The lowest BCUT2D eigenvalue weighted by Gasteiger charge is -2.35. The first-order valence-corrected chi connectivity index (χ1v) is 7.51. The monoisotopic (exact) mass is 278 g/mol. The van der Waals surface area contributed by atoms with Crippen LogP contribution in [-0.4, -0.2) is 35.3 Å². The molecule has 0 atom stereocenters. The number of rotatable bonds is 5. The molecule has 0 aromatic carbocycles. The Bertz CT molecular complexity index is 441. The van der Waals surface area contributed by atoms with E-state index in [0.717, 1.165) is 50.1 Å². The lowest BCUT2D eigenvalue weighted by atomic mass is 9.92. The van der Waals surface area contributed by atoms with Crippen LogP contribution in [-0.2, 0) is 4.74 Å². The van der Waals surface area contributed by atoms with Crippen LogP contribution in [0.15, 0.2) is 6.07 Å². The Labute approximate surface area is 121 Å². The molecule has 5 nitrogen and oxygen atoms in total. The van der Waals surface area contributed by atoms with E-state index in [9.17, 15) is 0 Å². The van der Waals surface area contributed by atoms with Gasteiger partial charge >= 0.3 is 0 Å². The summed E-state index contributed by atoms with van der Waals surface area (Å²) < 4.78 is 5.44. The van der Waals surface area contributed by atoms with Crippen molar-refractivity contribution in [1.82, 2.24) is 9.97 Å². The van der Waals surface area contributed by atoms with Crippen LogP contribution in [0.1, 0.15) is 52.3 Å². The number of hydrogen-bond acceptors (Lipinski definition) is 5. The standard InChI is InChI=1S/C15H26N4O/c1-5-16-12-10-13(18-14(17-12)11(2)3)19-15(4)6-8-20-9-7-15/h10-11H,5-9H2,1-4H3,(H2,16,17,18,19). The van der Waals surface area contributed by atoms with Crippen molar-refractivity contribution in [2.24, 2.45) is 0 Å². The van der Waals surface area contributed by atoms with Gasteiger partial charge in [-0.05, 0) is 26.7 Å². The fraction of sp³-hybridized carbons (Fsp3) is 0.733. The van der Waals surface area contributed by atoms with Crippen LogP contribution in [0.3, 0.4) is 0 Å². The van der Waals surface area contributed by atoms with Gasteiger partial charge in [-0.3, -0.25) is 0 Å². The van der Waals surface area contributed by atoms with E-state index in [1.807, 2.05) is 6.07 Å². The van der Waals surface area contributed by atoms with Crippen LogP contribution in [0.4, 0.5) is 11.6 Å². The van der Waals surface area contributed by atoms with E-state index >= 15 is 0 Å². The van der Waals surface area contributed by atoms with Gasteiger partial charge in [0.25, 0.3) is 0 Å². The third-order valence-corrected chi connectivity index (χ3v) is 3.64. The van der Waals surface area contributed by atoms with E-state index in [2.05, 4.69) is 48.3 Å². The molecule has 1 fully saturated rings. The van der Waals surface area contributed by atoms with Gasteiger partial charge in [0.15, 0.2) is 0 Å². The largest absolute Gasteiger partial charge is 0.381 e. The maximum absolute atomic E-state index is 5.44. The molecule has 1 aromatic heterocycles. The first-order valence-electron chi connectivity index (χ1n) is 7.51. The first-order chi connectivity index (χ1) is 9.52. The van der Waals surface area contributed by atoms with Crippen LogP contribution in [0.5, 0.6) is 0 Å². The Balaban J connectivity index is 2.20. The Morgan fingerprint density at radius 2 is 1.90 bits per heavy atom. The van der Waals surface area contributed by atoms with Crippen LogP contribution in [0.25, 0.3) is 0 Å². The summed E-state index contributed by atoms with van der Waals surface area (Å²) >= 11 is 0. The SMILES string of the molecule is CCNc1cc(NC2(C)CCOCC2)nc(C(C)C)n1. The van der Waals surface area contributed by atoms with Gasteiger partial charge in [-0.25, -0.2) is 9.97 Å². The average molecular weight is 278 g/mol. The minimum atomic E-state index is 0.0599. The molecule has 0 aliphatic carbocycles. The fourth-order valence-electron chi connectivity index (χ4n) is 2.32. The minimum absolute atomic E-state index is 0.0599. The zero-order chi connectivity index (χ0) is 14.6. The van der Waals surface area contributed by atoms with E-state index in [-0.39, 0.29) is 5.54 Å². The smallest absolute Gasteiger partial charge is 0.135 e. The summed E-state index contributed by atoms with van der Waals surface area (Å²) in [6.07, 6.45) is 2.01. The summed E-state index contributed by atoms with van der Waals surface area (Å²) in [5, 5.41) is 6.86. The maximum Gasteiger partial charge on any atom is 0.135 e. The predicted octanol–water partition coefficient (Wildman–Crippen LogP) is 3.01. The van der Waals surface area contributed by atoms with Crippen molar-refractivity contribution >= 4 is 11.6 Å². The highest BCUT2D eigenvalue weighted by Crippen LogP contribution is 2.26. The van der Waals surface area contributed by atoms with Gasteiger partial charge in [0.05, 0.1) is 0 Å². The molecular weight excluding hydrogens is 252 g/mol. The van der Waals surface area contributed by atoms with E-state index in [1.54, 1.807) is 0 Å². The van der Waals surface area contributed by atoms with Crippen LogP contribution < -0.4 is 10.6 Å². The molecule has 20 heavy (non-hydrogen) atoms. The van der Waals surface area contributed by atoms with Crippen LogP contribution in [0.2, 0.25) is 0 Å². The highest BCUT2D eigenvalue weighted by Gasteiger charge is 2.27. The third kappa shape index (κ3) is 3.82. The number of nitrogens with one attached hydrogen (secondary N) is 2. The number of nitrogens with zero attached hydrogens (tertiary/aromatic N) is 2. The first kappa shape index (κ1) is 15.0. The number of hydrogen-bond donors (Lipinski definition) is 2.